The predicted molar refractivity (Wildman–Crippen MR) is 73.6 cm³/mol. The van der Waals surface area contributed by atoms with Gasteiger partial charge >= 0.3 is 0 Å². The second-order valence-corrected chi connectivity index (χ2v) is 5.71. The highest BCUT2D eigenvalue weighted by atomic mass is 19.1. The van der Waals surface area contributed by atoms with Crippen molar-refractivity contribution in [1.29, 1.82) is 0 Å². The van der Waals surface area contributed by atoms with E-state index in [9.17, 15) is 9.18 Å². The van der Waals surface area contributed by atoms with Crippen molar-refractivity contribution in [3.63, 3.8) is 0 Å². The van der Waals surface area contributed by atoms with Crippen molar-refractivity contribution < 1.29 is 9.18 Å². The molecule has 0 aromatic heterocycles. The molecule has 2 heteroatoms. The summed E-state index contributed by atoms with van der Waals surface area (Å²) >= 11 is 0. The number of alkyl halides is 1. The van der Waals surface area contributed by atoms with Gasteiger partial charge in [0.25, 0.3) is 0 Å². The van der Waals surface area contributed by atoms with Crippen molar-refractivity contribution in [2.24, 2.45) is 5.92 Å². The van der Waals surface area contributed by atoms with Crippen LogP contribution in [0.25, 0.3) is 0 Å². The Labute approximate surface area is 109 Å². The standard InChI is InChI=1S/C16H23FO/c1-13(8-7-11-16(2,3)17)12-15(18)14-9-5-4-6-10-14/h4-6,9-10,13H,7-8,11-12H2,1-3H3. The lowest BCUT2D eigenvalue weighted by atomic mass is 9.93. The van der Waals surface area contributed by atoms with Gasteiger partial charge in [0.1, 0.15) is 5.67 Å². The van der Waals surface area contributed by atoms with Crippen LogP contribution in [0.3, 0.4) is 0 Å². The van der Waals surface area contributed by atoms with Crippen molar-refractivity contribution in [2.75, 3.05) is 0 Å². The SMILES string of the molecule is CC(CCCC(C)(C)F)CC(=O)c1ccccc1. The van der Waals surface area contributed by atoms with Crippen molar-refractivity contribution in [3.8, 4) is 0 Å². The summed E-state index contributed by atoms with van der Waals surface area (Å²) in [5.74, 6) is 0.502. The first-order valence-electron chi connectivity index (χ1n) is 6.65. The summed E-state index contributed by atoms with van der Waals surface area (Å²) in [5.41, 5.74) is -0.321. The molecule has 0 aliphatic carbocycles. The molecule has 0 spiro atoms. The van der Waals surface area contributed by atoms with Crippen molar-refractivity contribution in [1.82, 2.24) is 0 Å². The van der Waals surface area contributed by atoms with Crippen LogP contribution in [0, 0.1) is 5.92 Å². The number of halogens is 1. The zero-order valence-corrected chi connectivity index (χ0v) is 11.6. The summed E-state index contributed by atoms with van der Waals surface area (Å²) in [6.07, 6.45) is 2.87. The molecule has 18 heavy (non-hydrogen) atoms. The lowest BCUT2D eigenvalue weighted by Crippen LogP contribution is -2.12. The van der Waals surface area contributed by atoms with E-state index in [0.29, 0.717) is 18.8 Å². The van der Waals surface area contributed by atoms with Gasteiger partial charge in [-0.2, -0.15) is 0 Å². The van der Waals surface area contributed by atoms with Crippen LogP contribution >= 0.6 is 0 Å². The van der Waals surface area contributed by atoms with Gasteiger partial charge < -0.3 is 0 Å². The van der Waals surface area contributed by atoms with Crippen LogP contribution in [0.5, 0.6) is 0 Å². The Morgan fingerprint density at radius 1 is 1.28 bits per heavy atom. The van der Waals surface area contributed by atoms with Crippen LogP contribution in [0.15, 0.2) is 30.3 Å². The smallest absolute Gasteiger partial charge is 0.163 e. The fraction of sp³-hybridized carbons (Fsp3) is 0.562. The van der Waals surface area contributed by atoms with Crippen LogP contribution < -0.4 is 0 Å². The molecule has 1 aromatic rings. The zero-order chi connectivity index (χ0) is 13.6. The molecule has 0 heterocycles. The lowest BCUT2D eigenvalue weighted by molar-refractivity contribution is 0.0961. The van der Waals surface area contributed by atoms with E-state index < -0.39 is 5.67 Å². The third-order valence-corrected chi connectivity index (χ3v) is 3.10. The van der Waals surface area contributed by atoms with E-state index in [4.69, 9.17) is 0 Å². The van der Waals surface area contributed by atoms with E-state index in [1.54, 1.807) is 13.8 Å². The van der Waals surface area contributed by atoms with E-state index in [0.717, 1.165) is 18.4 Å². The lowest BCUT2D eigenvalue weighted by Gasteiger charge is -2.15. The summed E-state index contributed by atoms with van der Waals surface area (Å²) in [6, 6.07) is 9.36. The molecule has 1 unspecified atom stereocenters. The van der Waals surface area contributed by atoms with Gasteiger partial charge in [-0.3, -0.25) is 4.79 Å². The van der Waals surface area contributed by atoms with Crippen molar-refractivity contribution in [2.45, 2.75) is 52.1 Å². The second-order valence-electron chi connectivity index (χ2n) is 5.71. The molecule has 0 radical (unpaired) electrons. The van der Waals surface area contributed by atoms with Crippen molar-refractivity contribution in [3.05, 3.63) is 35.9 Å². The molecule has 0 aliphatic heterocycles. The molecule has 1 nitrogen and oxygen atoms in total. The number of benzene rings is 1. The van der Waals surface area contributed by atoms with Gasteiger partial charge in [0.15, 0.2) is 5.78 Å². The van der Waals surface area contributed by atoms with E-state index in [-0.39, 0.29) is 5.78 Å². The third-order valence-electron chi connectivity index (χ3n) is 3.10. The minimum absolute atomic E-state index is 0.183. The Morgan fingerprint density at radius 3 is 2.44 bits per heavy atom. The molecule has 0 saturated heterocycles. The minimum atomic E-state index is -1.09. The zero-order valence-electron chi connectivity index (χ0n) is 11.6. The predicted octanol–water partition coefficient (Wildman–Crippen LogP) is 4.81. The fourth-order valence-electron chi connectivity index (χ4n) is 2.03. The maximum absolute atomic E-state index is 13.3. The first kappa shape index (κ1) is 14.9. The Hall–Kier alpha value is -1.18. The van der Waals surface area contributed by atoms with E-state index >= 15 is 0 Å². The first-order chi connectivity index (χ1) is 8.38. The summed E-state index contributed by atoms with van der Waals surface area (Å²) in [7, 11) is 0. The van der Waals surface area contributed by atoms with Crippen LogP contribution in [0.2, 0.25) is 0 Å². The Kier molecular flexibility index (Phi) is 5.52. The number of rotatable bonds is 7. The molecular formula is C16H23FO. The van der Waals surface area contributed by atoms with Gasteiger partial charge in [-0.15, -0.1) is 0 Å². The number of hydrogen-bond acceptors (Lipinski definition) is 1. The molecule has 0 aliphatic rings. The van der Waals surface area contributed by atoms with E-state index in [1.807, 2.05) is 30.3 Å². The van der Waals surface area contributed by atoms with E-state index in [1.165, 1.54) is 0 Å². The fourth-order valence-corrected chi connectivity index (χ4v) is 2.03. The van der Waals surface area contributed by atoms with Crippen LogP contribution in [0.1, 0.15) is 56.8 Å². The summed E-state index contributed by atoms with van der Waals surface area (Å²) in [5, 5.41) is 0. The maximum atomic E-state index is 13.3. The van der Waals surface area contributed by atoms with Crippen LogP contribution in [-0.2, 0) is 0 Å². The average molecular weight is 250 g/mol. The summed E-state index contributed by atoms with van der Waals surface area (Å²) < 4.78 is 13.3. The van der Waals surface area contributed by atoms with Gasteiger partial charge in [-0.05, 0) is 26.2 Å². The molecule has 0 N–H and O–H groups in total. The van der Waals surface area contributed by atoms with Gasteiger partial charge in [0.05, 0.1) is 0 Å². The van der Waals surface area contributed by atoms with Crippen LogP contribution in [0.4, 0.5) is 4.39 Å². The van der Waals surface area contributed by atoms with E-state index in [2.05, 4.69) is 6.92 Å². The molecule has 0 amide bonds. The molecule has 1 rings (SSSR count). The first-order valence-corrected chi connectivity index (χ1v) is 6.65. The molecule has 100 valence electrons. The number of ketones is 1. The molecule has 0 bridgehead atoms. The molecule has 0 fully saturated rings. The number of carbonyl (C=O) groups is 1. The quantitative estimate of drug-likeness (QED) is 0.634. The highest BCUT2D eigenvalue weighted by Gasteiger charge is 2.16. The van der Waals surface area contributed by atoms with Gasteiger partial charge in [-0.1, -0.05) is 50.1 Å². The number of Topliss-reactive ketones (excluding diaryl/α,β-unsaturated/α-hetero) is 1. The highest BCUT2D eigenvalue weighted by Crippen LogP contribution is 2.21. The maximum Gasteiger partial charge on any atom is 0.163 e. The third kappa shape index (κ3) is 5.95. The Morgan fingerprint density at radius 2 is 1.89 bits per heavy atom. The Balaban J connectivity index is 2.32. The number of carbonyl (C=O) groups excluding carboxylic acids is 1. The van der Waals surface area contributed by atoms with Gasteiger partial charge in [0.2, 0.25) is 0 Å². The summed E-state index contributed by atoms with van der Waals surface area (Å²) in [4.78, 5) is 11.9. The second kappa shape index (κ2) is 6.67. The largest absolute Gasteiger partial charge is 0.294 e. The topological polar surface area (TPSA) is 17.1 Å². The summed E-state index contributed by atoms with van der Waals surface area (Å²) in [6.45, 7) is 5.27. The Bertz CT molecular complexity index is 364. The minimum Gasteiger partial charge on any atom is -0.294 e. The molecule has 1 aromatic carbocycles. The molecular weight excluding hydrogens is 227 g/mol. The highest BCUT2D eigenvalue weighted by molar-refractivity contribution is 5.96. The number of hydrogen-bond donors (Lipinski definition) is 0. The van der Waals surface area contributed by atoms with Crippen LogP contribution in [-0.4, -0.2) is 11.5 Å². The normalized spacial score (nSPS) is 13.3. The van der Waals surface area contributed by atoms with Crippen molar-refractivity contribution >= 4 is 5.78 Å². The molecule has 1 atom stereocenters. The monoisotopic (exact) mass is 250 g/mol. The average Bonchev–Trinajstić information content (AvgIpc) is 2.28. The van der Waals surface area contributed by atoms with Gasteiger partial charge in [0, 0.05) is 12.0 Å². The van der Waals surface area contributed by atoms with Gasteiger partial charge in [-0.25, -0.2) is 4.39 Å². The molecule has 0 saturated carbocycles.